The number of unbranched alkanes of at least 4 members (excludes halogenated alkanes) is 1. The first-order valence-electron chi connectivity index (χ1n) is 6.99. The molecular formula is C15H22N2O3. The topological polar surface area (TPSA) is 67.4 Å². The molecule has 2 amide bonds. The highest BCUT2D eigenvalue weighted by molar-refractivity contribution is 6.39. The van der Waals surface area contributed by atoms with E-state index in [1.54, 1.807) is 24.3 Å². The highest BCUT2D eigenvalue weighted by atomic mass is 16.5. The highest BCUT2D eigenvalue weighted by Crippen LogP contribution is 2.15. The van der Waals surface area contributed by atoms with Crippen LogP contribution >= 0.6 is 0 Å². The van der Waals surface area contributed by atoms with Gasteiger partial charge in [-0.15, -0.1) is 0 Å². The van der Waals surface area contributed by atoms with Crippen LogP contribution < -0.4 is 15.4 Å². The Morgan fingerprint density at radius 1 is 1.05 bits per heavy atom. The Hall–Kier alpha value is -2.04. The molecule has 0 aliphatic heterocycles. The van der Waals surface area contributed by atoms with E-state index in [1.165, 1.54) is 0 Å². The number of carbonyl (C=O) groups excluding carboxylic acids is 2. The van der Waals surface area contributed by atoms with Crippen molar-refractivity contribution in [2.75, 3.05) is 18.5 Å². The summed E-state index contributed by atoms with van der Waals surface area (Å²) in [6, 6.07) is 6.98. The van der Waals surface area contributed by atoms with Gasteiger partial charge in [0, 0.05) is 12.2 Å². The predicted molar refractivity (Wildman–Crippen MR) is 78.8 cm³/mol. The molecular weight excluding hydrogens is 256 g/mol. The fourth-order valence-electron chi connectivity index (χ4n) is 1.48. The van der Waals surface area contributed by atoms with Crippen LogP contribution in [0.5, 0.6) is 5.75 Å². The molecule has 0 atom stereocenters. The van der Waals surface area contributed by atoms with Crippen molar-refractivity contribution in [3.8, 4) is 5.75 Å². The molecule has 0 fully saturated rings. The van der Waals surface area contributed by atoms with E-state index in [2.05, 4.69) is 17.6 Å². The minimum Gasteiger partial charge on any atom is -0.494 e. The molecule has 0 bridgehead atoms. The second kappa shape index (κ2) is 8.96. The number of ether oxygens (including phenoxy) is 1. The first-order valence-corrected chi connectivity index (χ1v) is 6.99. The van der Waals surface area contributed by atoms with E-state index in [-0.39, 0.29) is 0 Å². The standard InChI is InChI=1S/C15H22N2O3/c1-3-5-11-20-13-8-6-12(7-9-13)17-15(19)14(18)16-10-4-2/h6-9H,3-5,10-11H2,1-2H3,(H,16,18)(H,17,19). The first-order chi connectivity index (χ1) is 9.67. The Balaban J connectivity index is 2.44. The molecule has 0 aromatic heterocycles. The Morgan fingerprint density at radius 2 is 1.75 bits per heavy atom. The molecule has 0 aliphatic carbocycles. The Kier molecular flexibility index (Phi) is 7.17. The van der Waals surface area contributed by atoms with Gasteiger partial charge in [-0.1, -0.05) is 20.3 Å². The molecule has 0 radical (unpaired) electrons. The van der Waals surface area contributed by atoms with Crippen LogP contribution in [0.4, 0.5) is 5.69 Å². The maximum Gasteiger partial charge on any atom is 0.313 e. The van der Waals surface area contributed by atoms with Crippen molar-refractivity contribution in [2.24, 2.45) is 0 Å². The van der Waals surface area contributed by atoms with Gasteiger partial charge >= 0.3 is 11.8 Å². The van der Waals surface area contributed by atoms with Gasteiger partial charge in [-0.3, -0.25) is 9.59 Å². The average Bonchev–Trinajstić information content (AvgIpc) is 2.46. The van der Waals surface area contributed by atoms with Gasteiger partial charge < -0.3 is 15.4 Å². The van der Waals surface area contributed by atoms with Crippen LogP contribution in [0.3, 0.4) is 0 Å². The molecule has 5 nitrogen and oxygen atoms in total. The molecule has 0 aliphatic rings. The summed E-state index contributed by atoms with van der Waals surface area (Å²) < 4.78 is 5.51. The summed E-state index contributed by atoms with van der Waals surface area (Å²) >= 11 is 0. The summed E-state index contributed by atoms with van der Waals surface area (Å²) in [5.41, 5.74) is 0.574. The molecule has 0 spiro atoms. The number of carbonyl (C=O) groups is 2. The van der Waals surface area contributed by atoms with Crippen molar-refractivity contribution in [3.05, 3.63) is 24.3 Å². The lowest BCUT2D eigenvalue weighted by molar-refractivity contribution is -0.136. The van der Waals surface area contributed by atoms with Crippen molar-refractivity contribution < 1.29 is 14.3 Å². The number of benzene rings is 1. The smallest absolute Gasteiger partial charge is 0.313 e. The lowest BCUT2D eigenvalue weighted by Crippen LogP contribution is -2.35. The number of hydrogen-bond donors (Lipinski definition) is 2. The number of nitrogens with one attached hydrogen (secondary N) is 2. The van der Waals surface area contributed by atoms with Gasteiger partial charge in [0.05, 0.1) is 6.61 Å². The van der Waals surface area contributed by atoms with Crippen molar-refractivity contribution in [1.29, 1.82) is 0 Å². The Labute approximate surface area is 119 Å². The van der Waals surface area contributed by atoms with Crippen LogP contribution in [0.1, 0.15) is 33.1 Å². The molecule has 0 unspecified atom stereocenters. The second-order valence-electron chi connectivity index (χ2n) is 4.44. The van der Waals surface area contributed by atoms with Crippen molar-refractivity contribution in [2.45, 2.75) is 33.1 Å². The molecule has 20 heavy (non-hydrogen) atoms. The largest absolute Gasteiger partial charge is 0.494 e. The van der Waals surface area contributed by atoms with Gasteiger partial charge in [-0.05, 0) is 37.1 Å². The summed E-state index contributed by atoms with van der Waals surface area (Å²) in [5, 5.41) is 5.06. The SMILES string of the molecule is CCCCOc1ccc(NC(=O)C(=O)NCCC)cc1. The molecule has 110 valence electrons. The van der Waals surface area contributed by atoms with E-state index in [0.717, 1.165) is 25.0 Å². The van der Waals surface area contributed by atoms with Crippen molar-refractivity contribution >= 4 is 17.5 Å². The lowest BCUT2D eigenvalue weighted by Gasteiger charge is -2.08. The van der Waals surface area contributed by atoms with E-state index < -0.39 is 11.8 Å². The van der Waals surface area contributed by atoms with Gasteiger partial charge in [0.1, 0.15) is 5.75 Å². The number of hydrogen-bond acceptors (Lipinski definition) is 3. The van der Waals surface area contributed by atoms with E-state index in [0.29, 0.717) is 18.8 Å². The molecule has 5 heteroatoms. The Morgan fingerprint density at radius 3 is 2.35 bits per heavy atom. The van der Waals surface area contributed by atoms with E-state index in [9.17, 15) is 9.59 Å². The third-order valence-electron chi connectivity index (χ3n) is 2.62. The van der Waals surface area contributed by atoms with Crippen LogP contribution in [0.25, 0.3) is 0 Å². The number of rotatable bonds is 7. The van der Waals surface area contributed by atoms with Gasteiger partial charge in [-0.25, -0.2) is 0 Å². The fourth-order valence-corrected chi connectivity index (χ4v) is 1.48. The molecule has 2 N–H and O–H groups in total. The normalized spacial score (nSPS) is 9.90. The fraction of sp³-hybridized carbons (Fsp3) is 0.467. The quantitative estimate of drug-likeness (QED) is 0.594. The third kappa shape index (κ3) is 5.73. The zero-order valence-corrected chi connectivity index (χ0v) is 12.1. The van der Waals surface area contributed by atoms with E-state index >= 15 is 0 Å². The summed E-state index contributed by atoms with van der Waals surface area (Å²) in [6.45, 7) is 5.21. The maximum absolute atomic E-state index is 11.6. The average molecular weight is 278 g/mol. The van der Waals surface area contributed by atoms with Crippen LogP contribution in [-0.4, -0.2) is 25.0 Å². The zero-order chi connectivity index (χ0) is 14.8. The van der Waals surface area contributed by atoms with Gasteiger partial charge in [0.2, 0.25) is 0 Å². The molecule has 0 saturated heterocycles. The predicted octanol–water partition coefficient (Wildman–Crippen LogP) is 2.33. The summed E-state index contributed by atoms with van der Waals surface area (Å²) in [6.07, 6.45) is 2.89. The number of amides is 2. The Bertz CT molecular complexity index is 429. The van der Waals surface area contributed by atoms with Gasteiger partial charge in [0.25, 0.3) is 0 Å². The van der Waals surface area contributed by atoms with Crippen LogP contribution in [0.15, 0.2) is 24.3 Å². The molecule has 1 rings (SSSR count). The molecule has 0 heterocycles. The maximum atomic E-state index is 11.6. The first kappa shape index (κ1) is 16.0. The molecule has 1 aromatic rings. The van der Waals surface area contributed by atoms with E-state index in [1.807, 2.05) is 6.92 Å². The summed E-state index contributed by atoms with van der Waals surface area (Å²) in [4.78, 5) is 23.0. The molecule has 0 saturated carbocycles. The zero-order valence-electron chi connectivity index (χ0n) is 12.1. The minimum absolute atomic E-state index is 0.496. The highest BCUT2D eigenvalue weighted by Gasteiger charge is 2.12. The van der Waals surface area contributed by atoms with Crippen LogP contribution in [0, 0.1) is 0 Å². The van der Waals surface area contributed by atoms with Crippen molar-refractivity contribution in [1.82, 2.24) is 5.32 Å². The van der Waals surface area contributed by atoms with Gasteiger partial charge in [0.15, 0.2) is 0 Å². The van der Waals surface area contributed by atoms with E-state index in [4.69, 9.17) is 4.74 Å². The number of anilines is 1. The third-order valence-corrected chi connectivity index (χ3v) is 2.62. The lowest BCUT2D eigenvalue weighted by atomic mass is 10.3. The van der Waals surface area contributed by atoms with Crippen LogP contribution in [0.2, 0.25) is 0 Å². The molecule has 1 aromatic carbocycles. The van der Waals surface area contributed by atoms with Crippen LogP contribution in [-0.2, 0) is 9.59 Å². The minimum atomic E-state index is -0.655. The summed E-state index contributed by atoms with van der Waals surface area (Å²) in [7, 11) is 0. The van der Waals surface area contributed by atoms with Gasteiger partial charge in [-0.2, -0.15) is 0 Å². The monoisotopic (exact) mass is 278 g/mol. The van der Waals surface area contributed by atoms with Crippen molar-refractivity contribution in [3.63, 3.8) is 0 Å². The second-order valence-corrected chi connectivity index (χ2v) is 4.44. The summed E-state index contributed by atoms with van der Waals surface area (Å²) in [5.74, 6) is -0.514.